The van der Waals surface area contributed by atoms with Crippen LogP contribution in [0.5, 0.6) is 23.3 Å². The van der Waals surface area contributed by atoms with Gasteiger partial charge in [0, 0.05) is 85.2 Å². The Bertz CT molecular complexity index is 4320. The Labute approximate surface area is 535 Å². The van der Waals surface area contributed by atoms with E-state index in [-0.39, 0.29) is 40.3 Å². The van der Waals surface area contributed by atoms with Gasteiger partial charge in [-0.05, 0) is 164 Å². The van der Waals surface area contributed by atoms with Crippen molar-refractivity contribution in [3.8, 4) is 46.3 Å². The Morgan fingerprint density at radius 3 is 1.28 bits per heavy atom. The molecular formula is C66H64Cl3N19O2. The lowest BCUT2D eigenvalue weighted by Gasteiger charge is -2.09. The predicted molar refractivity (Wildman–Crippen MR) is 359 cm³/mol. The number of hydrogen-bond donors (Lipinski definition) is 2. The molecule has 2 aromatic carbocycles. The van der Waals surface area contributed by atoms with Gasteiger partial charge in [0.1, 0.15) is 45.0 Å². The van der Waals surface area contributed by atoms with Crippen molar-refractivity contribution in [2.75, 3.05) is 11.1 Å². The minimum Gasteiger partial charge on any atom is -0.437 e. The van der Waals surface area contributed by atoms with Crippen LogP contribution in [0, 0.1) is 6.92 Å². The van der Waals surface area contributed by atoms with Crippen molar-refractivity contribution in [1.82, 2.24) is 83.3 Å². The van der Waals surface area contributed by atoms with Crippen molar-refractivity contribution in [1.29, 1.82) is 0 Å². The number of anilines is 3. The van der Waals surface area contributed by atoms with Crippen molar-refractivity contribution in [3.63, 3.8) is 0 Å². The second kappa shape index (κ2) is 34.2. The van der Waals surface area contributed by atoms with Crippen molar-refractivity contribution in [3.05, 3.63) is 278 Å². The SMILES string of the molecule is C.C.C.C.Cc1ccccn1.Clc1nc(Cl)c2cccn2n1.Clc1nc(Oc2ccccc2)c2cccn2n1.Nc1ccncc1.c1ccc(-c2nc(Nc3ccncc3)c3cccn3n2)nc1.c1ccc(Oc2nc(-c3ccccn3)nn3cccc23)cc1. The van der Waals surface area contributed by atoms with Crippen LogP contribution in [0.25, 0.3) is 45.1 Å². The number of nitrogens with one attached hydrogen (secondary N) is 1. The van der Waals surface area contributed by atoms with Crippen LogP contribution >= 0.6 is 34.8 Å². The molecule has 0 saturated carbocycles. The van der Waals surface area contributed by atoms with Crippen molar-refractivity contribution < 1.29 is 9.47 Å². The first-order chi connectivity index (χ1) is 42.2. The first-order valence-electron chi connectivity index (χ1n) is 26.1. The number of nitrogen functional groups attached to an aromatic ring is 1. The second-order valence-electron chi connectivity index (χ2n) is 17.6. The standard InChI is InChI=1S/C17H12N4O.C16H12N6.C12H8ClN3O.C6H3Cl2N3.C6H7N.C5H6N2.4CH4/c1-2-7-13(8-3-1)22-17-15-10-6-12-21(15)20-16(19-17)14-9-4-5-11-18-14;1-2-8-18-13(4-1)15-20-16(14-5-3-11-22(14)21-15)19-12-6-9-17-10-7-12;13-12-14-11(10-7-4-8-16(10)15-12)17-9-5-2-1-3-6-9;7-5-4-2-1-3-11(4)10-6(8)9-5;1-6-4-2-3-5-7-6;6-5-1-3-7-4-2-5;;;;/h1-12H;1-11H,(H,17,19,20,21);1-8H;1-3H;2-5H,1H3;1-4H,(H2,6,7);4*1H4. The molecule has 15 aromatic rings. The summed E-state index contributed by atoms with van der Waals surface area (Å²) in [5.74, 6) is 4.22. The molecule has 3 N–H and O–H groups in total. The number of fused-ring (bicyclic) bond motifs is 4. The Morgan fingerprint density at radius 2 is 0.811 bits per heavy atom. The van der Waals surface area contributed by atoms with Crippen molar-refractivity contribution >= 4 is 74.1 Å². The fraction of sp³-hybridized carbons (Fsp3) is 0.0758. The highest BCUT2D eigenvalue weighted by Crippen LogP contribution is 2.28. The van der Waals surface area contributed by atoms with Crippen LogP contribution in [-0.4, -0.2) is 83.3 Å². The summed E-state index contributed by atoms with van der Waals surface area (Å²) in [6, 6.07) is 58.5. The van der Waals surface area contributed by atoms with Gasteiger partial charge in [-0.25, -0.2) is 28.0 Å². The number of para-hydroxylation sites is 2. The van der Waals surface area contributed by atoms with E-state index in [1.807, 2.05) is 195 Å². The largest absolute Gasteiger partial charge is 0.437 e. The van der Waals surface area contributed by atoms with Crippen LogP contribution in [0.2, 0.25) is 15.7 Å². The van der Waals surface area contributed by atoms with Crippen LogP contribution < -0.4 is 20.5 Å². The number of hydrogen-bond acceptors (Lipinski definition) is 17. The maximum atomic E-state index is 5.91. The van der Waals surface area contributed by atoms with Gasteiger partial charge in [-0.2, -0.15) is 9.97 Å². The van der Waals surface area contributed by atoms with Gasteiger partial charge >= 0.3 is 0 Å². The number of nitrogens with zero attached hydrogens (tertiary/aromatic N) is 17. The number of halogens is 3. The zero-order chi connectivity index (χ0) is 59.3. The van der Waals surface area contributed by atoms with E-state index in [1.54, 1.807) is 86.0 Å². The third-order valence-electron chi connectivity index (χ3n) is 11.6. The van der Waals surface area contributed by atoms with Crippen LogP contribution in [-0.2, 0) is 0 Å². The molecule has 0 aliphatic carbocycles. The molecule has 90 heavy (non-hydrogen) atoms. The molecule has 0 spiro atoms. The Hall–Kier alpha value is -11.3. The molecule has 0 radical (unpaired) electrons. The Balaban J connectivity index is 0.000000179. The summed E-state index contributed by atoms with van der Waals surface area (Å²) in [5.41, 5.74) is 12.8. The van der Waals surface area contributed by atoms with E-state index < -0.39 is 0 Å². The molecule has 21 nitrogen and oxygen atoms in total. The lowest BCUT2D eigenvalue weighted by atomic mass is 10.3. The van der Waals surface area contributed by atoms with Gasteiger partial charge in [-0.3, -0.25) is 24.9 Å². The van der Waals surface area contributed by atoms with Gasteiger partial charge in [0.05, 0.1) is 0 Å². The monoisotopic (exact) mass is 1260 g/mol. The lowest BCUT2D eigenvalue weighted by molar-refractivity contribution is 0.463. The van der Waals surface area contributed by atoms with Gasteiger partial charge in [0.2, 0.25) is 34.0 Å². The quantitative estimate of drug-likeness (QED) is 0.144. The molecule has 0 saturated heterocycles. The molecule has 0 amide bonds. The highest BCUT2D eigenvalue weighted by atomic mass is 35.5. The summed E-state index contributed by atoms with van der Waals surface area (Å²) in [5, 5.41) is 20.9. The minimum absolute atomic E-state index is 0. The third kappa shape index (κ3) is 18.9. The molecule has 13 aromatic heterocycles. The molecule has 0 unspecified atom stereocenters. The first-order valence-corrected chi connectivity index (χ1v) is 27.2. The maximum absolute atomic E-state index is 5.91. The first kappa shape index (κ1) is 67.9. The highest BCUT2D eigenvalue weighted by molar-refractivity contribution is 6.34. The molecule has 24 heteroatoms. The number of rotatable bonds is 8. The van der Waals surface area contributed by atoms with E-state index >= 15 is 0 Å². The van der Waals surface area contributed by atoms with Gasteiger partial charge in [0.15, 0.2) is 11.0 Å². The molecular weight excluding hydrogens is 1200 g/mol. The van der Waals surface area contributed by atoms with Crippen LogP contribution in [0.1, 0.15) is 35.4 Å². The maximum Gasteiger partial charge on any atom is 0.248 e. The van der Waals surface area contributed by atoms with E-state index in [2.05, 4.69) is 70.6 Å². The topological polar surface area (TPSA) is 242 Å². The van der Waals surface area contributed by atoms with E-state index in [1.165, 1.54) is 0 Å². The fourth-order valence-electron chi connectivity index (χ4n) is 7.63. The number of aromatic nitrogens is 17. The minimum atomic E-state index is 0. The van der Waals surface area contributed by atoms with E-state index in [0.29, 0.717) is 40.0 Å². The van der Waals surface area contributed by atoms with E-state index in [0.717, 1.165) is 56.4 Å². The summed E-state index contributed by atoms with van der Waals surface area (Å²) in [4.78, 5) is 37.4. The highest BCUT2D eigenvalue weighted by Gasteiger charge is 2.14. The molecule has 0 atom stereocenters. The molecule has 0 aliphatic rings. The molecule has 0 bridgehead atoms. The van der Waals surface area contributed by atoms with Gasteiger partial charge < -0.3 is 20.5 Å². The van der Waals surface area contributed by atoms with Crippen LogP contribution in [0.15, 0.2) is 256 Å². The Kier molecular flexibility index (Phi) is 25.8. The molecule has 13 heterocycles. The fourth-order valence-corrected chi connectivity index (χ4v) is 8.23. The molecule has 456 valence electrons. The van der Waals surface area contributed by atoms with Gasteiger partial charge in [-0.1, -0.05) is 95.9 Å². The lowest BCUT2D eigenvalue weighted by Crippen LogP contribution is -2.03. The number of benzene rings is 2. The van der Waals surface area contributed by atoms with Gasteiger partial charge in [0.25, 0.3) is 0 Å². The summed E-state index contributed by atoms with van der Waals surface area (Å²) in [7, 11) is 0. The summed E-state index contributed by atoms with van der Waals surface area (Å²) >= 11 is 17.1. The number of ether oxygens (including phenoxy) is 2. The summed E-state index contributed by atoms with van der Waals surface area (Å²) in [6.07, 6.45) is 19.3. The van der Waals surface area contributed by atoms with Crippen molar-refractivity contribution in [2.24, 2.45) is 0 Å². The summed E-state index contributed by atoms with van der Waals surface area (Å²) in [6.45, 7) is 1.97. The smallest absolute Gasteiger partial charge is 0.248 e. The van der Waals surface area contributed by atoms with Crippen LogP contribution in [0.4, 0.5) is 17.2 Å². The van der Waals surface area contributed by atoms with E-state index in [9.17, 15) is 0 Å². The van der Waals surface area contributed by atoms with Gasteiger partial charge in [-0.15, -0.1) is 20.4 Å². The summed E-state index contributed by atoms with van der Waals surface area (Å²) < 4.78 is 18.3. The molecule has 0 aliphatic heterocycles. The molecule has 15 rings (SSSR count). The number of pyridine rings is 5. The zero-order valence-electron chi connectivity index (χ0n) is 45.4. The average Bonchev–Trinajstić information content (AvgIpc) is 1.81. The normalized spacial score (nSPS) is 9.91. The van der Waals surface area contributed by atoms with E-state index in [4.69, 9.17) is 50.0 Å². The number of aryl methyl sites for hydroxylation is 1. The second-order valence-corrected chi connectivity index (χ2v) is 18.6. The Morgan fingerprint density at radius 1 is 0.389 bits per heavy atom. The zero-order valence-corrected chi connectivity index (χ0v) is 47.6. The number of nitrogens with two attached hydrogens (primary N) is 1. The predicted octanol–water partition coefficient (Wildman–Crippen LogP) is 16.3. The molecule has 0 fully saturated rings. The average molecular weight is 1260 g/mol. The van der Waals surface area contributed by atoms with Crippen molar-refractivity contribution in [2.45, 2.75) is 36.6 Å². The van der Waals surface area contributed by atoms with Crippen LogP contribution in [0.3, 0.4) is 0 Å². The third-order valence-corrected chi connectivity index (χ3v) is 12.2.